The lowest BCUT2D eigenvalue weighted by molar-refractivity contribution is 0.0948. The van der Waals surface area contributed by atoms with Gasteiger partial charge < -0.3 is 9.73 Å². The Bertz CT molecular complexity index is 1050. The van der Waals surface area contributed by atoms with Crippen LogP contribution < -0.4 is 5.32 Å². The molecule has 0 saturated carbocycles. The Labute approximate surface area is 166 Å². The van der Waals surface area contributed by atoms with Crippen molar-refractivity contribution in [3.8, 4) is 5.69 Å². The van der Waals surface area contributed by atoms with E-state index in [1.165, 1.54) is 11.8 Å². The average molecular weight is 390 g/mol. The highest BCUT2D eigenvalue weighted by Gasteiger charge is 2.08. The molecule has 2 heterocycles. The van der Waals surface area contributed by atoms with Crippen molar-refractivity contribution in [2.45, 2.75) is 17.5 Å². The molecule has 0 atom stereocenters. The molecule has 0 radical (unpaired) electrons. The second kappa shape index (κ2) is 8.58. The molecule has 0 unspecified atom stereocenters. The largest absolute Gasteiger partial charge is 0.467 e. The molecule has 140 valence electrons. The van der Waals surface area contributed by atoms with Gasteiger partial charge in [0.2, 0.25) is 5.16 Å². The Morgan fingerprint density at radius 3 is 2.79 bits per heavy atom. The smallest absolute Gasteiger partial charge is 0.251 e. The van der Waals surface area contributed by atoms with Gasteiger partial charge in [0.05, 0.1) is 18.5 Å². The molecule has 1 amide bonds. The van der Waals surface area contributed by atoms with Gasteiger partial charge in [-0.05, 0) is 42.0 Å². The van der Waals surface area contributed by atoms with Crippen molar-refractivity contribution in [1.29, 1.82) is 0 Å². The number of furan rings is 1. The van der Waals surface area contributed by atoms with Gasteiger partial charge in [-0.1, -0.05) is 42.1 Å². The van der Waals surface area contributed by atoms with Crippen molar-refractivity contribution in [3.05, 3.63) is 96.2 Å². The summed E-state index contributed by atoms with van der Waals surface area (Å²) in [6, 6.07) is 21.0. The second-order valence-electron chi connectivity index (χ2n) is 6.06. The third kappa shape index (κ3) is 4.50. The number of carbonyl (C=O) groups excluding carboxylic acids is 1. The Hall–Kier alpha value is -3.32. The number of thioether (sulfide) groups is 1. The molecule has 1 N–H and O–H groups in total. The number of nitrogens with zero attached hydrogens (tertiary/aromatic N) is 3. The summed E-state index contributed by atoms with van der Waals surface area (Å²) in [4.78, 5) is 16.7. The first-order chi connectivity index (χ1) is 13.8. The van der Waals surface area contributed by atoms with E-state index in [4.69, 9.17) is 4.42 Å². The van der Waals surface area contributed by atoms with Crippen LogP contribution in [-0.2, 0) is 12.3 Å². The number of benzene rings is 2. The Balaban J connectivity index is 1.36. The minimum absolute atomic E-state index is 0.130. The minimum atomic E-state index is -0.130. The zero-order chi connectivity index (χ0) is 19.2. The fourth-order valence-electron chi connectivity index (χ4n) is 2.65. The molecule has 0 spiro atoms. The van der Waals surface area contributed by atoms with Crippen molar-refractivity contribution in [3.63, 3.8) is 0 Å². The molecule has 7 heteroatoms. The number of amides is 1. The molecule has 0 aliphatic carbocycles. The Kier molecular flexibility index (Phi) is 5.53. The van der Waals surface area contributed by atoms with Crippen molar-refractivity contribution < 1.29 is 9.21 Å². The van der Waals surface area contributed by atoms with Crippen LogP contribution >= 0.6 is 11.8 Å². The number of hydrogen-bond donors (Lipinski definition) is 1. The van der Waals surface area contributed by atoms with E-state index in [0.717, 1.165) is 17.0 Å². The summed E-state index contributed by atoms with van der Waals surface area (Å²) in [7, 11) is 0. The number of rotatable bonds is 7. The molecule has 0 aliphatic rings. The molecule has 6 nitrogen and oxygen atoms in total. The lowest BCUT2D eigenvalue weighted by atomic mass is 10.1. The van der Waals surface area contributed by atoms with Crippen LogP contribution in [0.25, 0.3) is 5.69 Å². The number of para-hydroxylation sites is 1. The van der Waals surface area contributed by atoms with Crippen molar-refractivity contribution in [2.75, 3.05) is 0 Å². The first-order valence-electron chi connectivity index (χ1n) is 8.77. The fourth-order valence-corrected chi connectivity index (χ4v) is 3.39. The van der Waals surface area contributed by atoms with E-state index in [1.807, 2.05) is 54.6 Å². The maximum Gasteiger partial charge on any atom is 0.251 e. The van der Waals surface area contributed by atoms with Crippen molar-refractivity contribution in [2.24, 2.45) is 0 Å². The zero-order valence-corrected chi connectivity index (χ0v) is 15.8. The molecule has 0 bridgehead atoms. The minimum Gasteiger partial charge on any atom is -0.467 e. The summed E-state index contributed by atoms with van der Waals surface area (Å²) < 4.78 is 6.98. The predicted octanol–water partition coefficient (Wildman–Crippen LogP) is 4.08. The van der Waals surface area contributed by atoms with E-state index in [1.54, 1.807) is 29.4 Å². The molecule has 0 aliphatic heterocycles. The van der Waals surface area contributed by atoms with E-state index in [-0.39, 0.29) is 5.91 Å². The van der Waals surface area contributed by atoms with Crippen LogP contribution in [0, 0.1) is 0 Å². The van der Waals surface area contributed by atoms with Crippen LogP contribution in [-0.4, -0.2) is 20.7 Å². The monoisotopic (exact) mass is 390 g/mol. The molecular weight excluding hydrogens is 372 g/mol. The molecular formula is C21H18N4O2S. The van der Waals surface area contributed by atoms with Gasteiger partial charge in [0.15, 0.2) is 0 Å². The van der Waals surface area contributed by atoms with Gasteiger partial charge in [0, 0.05) is 11.3 Å². The summed E-state index contributed by atoms with van der Waals surface area (Å²) in [5, 5.41) is 8.04. The van der Waals surface area contributed by atoms with Crippen LogP contribution in [0.15, 0.2) is 88.9 Å². The molecule has 0 saturated heterocycles. The van der Waals surface area contributed by atoms with Gasteiger partial charge in [-0.15, -0.1) is 5.10 Å². The lowest BCUT2D eigenvalue weighted by Crippen LogP contribution is -2.22. The maximum atomic E-state index is 12.3. The van der Waals surface area contributed by atoms with Crippen LogP contribution in [0.5, 0.6) is 0 Å². The van der Waals surface area contributed by atoms with E-state index < -0.39 is 0 Å². The van der Waals surface area contributed by atoms with Crippen LogP contribution in [0.2, 0.25) is 0 Å². The van der Waals surface area contributed by atoms with Crippen molar-refractivity contribution >= 4 is 17.7 Å². The lowest BCUT2D eigenvalue weighted by Gasteiger charge is -2.05. The first kappa shape index (κ1) is 18.1. The standard InChI is InChI=1S/C21H18N4O2S/c26-20(22-13-19-10-5-11-27-19)17-7-4-6-16(12-17)14-28-21-23-15-25(24-21)18-8-2-1-3-9-18/h1-12,15H,13-14H2,(H,22,26). The maximum absolute atomic E-state index is 12.3. The molecule has 2 aromatic carbocycles. The summed E-state index contributed by atoms with van der Waals surface area (Å²) in [6.45, 7) is 0.367. The van der Waals surface area contributed by atoms with Crippen LogP contribution in [0.1, 0.15) is 21.7 Å². The molecule has 4 aromatic rings. The second-order valence-corrected chi connectivity index (χ2v) is 7.00. The number of nitrogens with one attached hydrogen (secondary N) is 1. The number of carbonyl (C=O) groups is 1. The highest BCUT2D eigenvalue weighted by Crippen LogP contribution is 2.20. The van der Waals surface area contributed by atoms with Gasteiger partial charge >= 0.3 is 0 Å². The van der Waals surface area contributed by atoms with E-state index >= 15 is 0 Å². The number of aromatic nitrogens is 3. The van der Waals surface area contributed by atoms with Gasteiger partial charge in [0.1, 0.15) is 12.1 Å². The topological polar surface area (TPSA) is 73.0 Å². The van der Waals surface area contributed by atoms with E-state index in [9.17, 15) is 4.79 Å². The summed E-state index contributed by atoms with van der Waals surface area (Å²) >= 11 is 1.53. The summed E-state index contributed by atoms with van der Waals surface area (Å²) in [6.07, 6.45) is 3.29. The summed E-state index contributed by atoms with van der Waals surface area (Å²) in [5.74, 6) is 1.27. The van der Waals surface area contributed by atoms with Gasteiger partial charge in [-0.2, -0.15) is 0 Å². The summed E-state index contributed by atoms with van der Waals surface area (Å²) in [5.41, 5.74) is 2.62. The van der Waals surface area contributed by atoms with E-state index in [2.05, 4.69) is 15.4 Å². The zero-order valence-electron chi connectivity index (χ0n) is 15.0. The Morgan fingerprint density at radius 1 is 1.07 bits per heavy atom. The third-order valence-electron chi connectivity index (χ3n) is 4.05. The van der Waals surface area contributed by atoms with Gasteiger partial charge in [-0.3, -0.25) is 4.79 Å². The Morgan fingerprint density at radius 2 is 1.96 bits per heavy atom. The van der Waals surface area contributed by atoms with Crippen LogP contribution in [0.4, 0.5) is 0 Å². The highest BCUT2D eigenvalue weighted by atomic mass is 32.2. The van der Waals surface area contributed by atoms with E-state index in [0.29, 0.717) is 23.0 Å². The SMILES string of the molecule is O=C(NCc1ccco1)c1cccc(CSc2ncn(-c3ccccc3)n2)c1. The molecule has 4 rings (SSSR count). The molecule has 2 aromatic heterocycles. The van der Waals surface area contributed by atoms with Gasteiger partial charge in [0.25, 0.3) is 5.91 Å². The predicted molar refractivity (Wildman–Crippen MR) is 107 cm³/mol. The fraction of sp³-hybridized carbons (Fsp3) is 0.0952. The van der Waals surface area contributed by atoms with Crippen molar-refractivity contribution in [1.82, 2.24) is 20.1 Å². The van der Waals surface area contributed by atoms with Crippen LogP contribution in [0.3, 0.4) is 0 Å². The third-order valence-corrected chi connectivity index (χ3v) is 4.97. The normalized spacial score (nSPS) is 10.7. The molecule has 28 heavy (non-hydrogen) atoms. The number of hydrogen-bond acceptors (Lipinski definition) is 5. The highest BCUT2D eigenvalue weighted by molar-refractivity contribution is 7.98. The quantitative estimate of drug-likeness (QED) is 0.481. The van der Waals surface area contributed by atoms with Gasteiger partial charge in [-0.25, -0.2) is 9.67 Å². The average Bonchev–Trinajstić information content (AvgIpc) is 3.43. The first-order valence-corrected chi connectivity index (χ1v) is 9.76. The molecule has 0 fully saturated rings.